The smallest absolute Gasteiger partial charge is 0.227 e. The number of thiazole rings is 1. The molecule has 17 heavy (non-hydrogen) atoms. The van der Waals surface area contributed by atoms with Crippen LogP contribution in [0, 0.1) is 6.92 Å². The van der Waals surface area contributed by atoms with E-state index in [1.54, 1.807) is 11.3 Å². The van der Waals surface area contributed by atoms with Gasteiger partial charge in [0.1, 0.15) is 0 Å². The standard InChI is InChI=1S/C12H13N3OS/c1-9-11(10-6-4-3-5-7-10)17-12(15(9)2)14-13-8-16/h3-8H,1-2H3,(H,13,16). The Morgan fingerprint density at radius 3 is 2.71 bits per heavy atom. The molecule has 0 fully saturated rings. The number of rotatable bonds is 3. The van der Waals surface area contributed by atoms with Gasteiger partial charge in [0, 0.05) is 12.7 Å². The van der Waals surface area contributed by atoms with Crippen LogP contribution < -0.4 is 10.2 Å². The van der Waals surface area contributed by atoms with Crippen LogP contribution in [0.3, 0.4) is 0 Å². The van der Waals surface area contributed by atoms with Gasteiger partial charge in [-0.2, -0.15) is 0 Å². The van der Waals surface area contributed by atoms with Crippen LogP contribution in [0.25, 0.3) is 10.4 Å². The van der Waals surface area contributed by atoms with E-state index in [2.05, 4.69) is 22.7 Å². The molecular formula is C12H13N3OS. The summed E-state index contributed by atoms with van der Waals surface area (Å²) in [6.45, 7) is 2.04. The average Bonchev–Trinajstić information content (AvgIpc) is 2.65. The topological polar surface area (TPSA) is 46.4 Å². The Balaban J connectivity index is 2.54. The number of carbonyl (C=O) groups excluding carboxylic acids is 1. The maximum atomic E-state index is 10.2. The van der Waals surface area contributed by atoms with Crippen LogP contribution in [0.5, 0.6) is 0 Å². The molecule has 1 aromatic heterocycles. The highest BCUT2D eigenvalue weighted by molar-refractivity contribution is 7.13. The van der Waals surface area contributed by atoms with Gasteiger partial charge in [-0.1, -0.05) is 41.7 Å². The molecule has 0 saturated carbocycles. The molecule has 88 valence electrons. The van der Waals surface area contributed by atoms with Crippen molar-refractivity contribution < 1.29 is 4.79 Å². The zero-order chi connectivity index (χ0) is 12.3. The lowest BCUT2D eigenvalue weighted by Crippen LogP contribution is -2.16. The Hall–Kier alpha value is -1.88. The zero-order valence-corrected chi connectivity index (χ0v) is 10.5. The van der Waals surface area contributed by atoms with Crippen LogP contribution in [0.2, 0.25) is 0 Å². The van der Waals surface area contributed by atoms with Crippen molar-refractivity contribution in [2.24, 2.45) is 12.1 Å². The van der Waals surface area contributed by atoms with E-state index < -0.39 is 0 Å². The van der Waals surface area contributed by atoms with E-state index in [1.165, 1.54) is 4.88 Å². The molecule has 4 nitrogen and oxygen atoms in total. The quantitative estimate of drug-likeness (QED) is 0.650. The molecule has 2 rings (SSSR count). The van der Waals surface area contributed by atoms with Gasteiger partial charge in [-0.3, -0.25) is 4.79 Å². The van der Waals surface area contributed by atoms with E-state index in [-0.39, 0.29) is 0 Å². The Bertz CT molecular complexity index is 584. The number of hydrogen-bond donors (Lipinski definition) is 1. The molecule has 0 aliphatic rings. The number of nitrogens with zero attached hydrogens (tertiary/aromatic N) is 2. The third kappa shape index (κ3) is 2.29. The second-order valence-electron chi connectivity index (χ2n) is 3.58. The van der Waals surface area contributed by atoms with Crippen molar-refractivity contribution in [3.05, 3.63) is 40.8 Å². The summed E-state index contributed by atoms with van der Waals surface area (Å²) in [4.78, 5) is 12.2. The normalized spacial score (nSPS) is 11.5. The summed E-state index contributed by atoms with van der Waals surface area (Å²) >= 11 is 1.55. The van der Waals surface area contributed by atoms with Crippen LogP contribution in [-0.2, 0) is 11.8 Å². The summed E-state index contributed by atoms with van der Waals surface area (Å²) < 4.78 is 1.96. The van der Waals surface area contributed by atoms with Crippen molar-refractivity contribution in [2.75, 3.05) is 0 Å². The fourth-order valence-electron chi connectivity index (χ4n) is 1.57. The van der Waals surface area contributed by atoms with E-state index >= 15 is 0 Å². The van der Waals surface area contributed by atoms with Gasteiger partial charge in [-0.25, -0.2) is 5.43 Å². The summed E-state index contributed by atoms with van der Waals surface area (Å²) in [7, 11) is 1.93. The first-order valence-electron chi connectivity index (χ1n) is 5.18. The van der Waals surface area contributed by atoms with Crippen molar-refractivity contribution >= 4 is 17.7 Å². The van der Waals surface area contributed by atoms with Crippen LogP contribution >= 0.6 is 11.3 Å². The third-order valence-corrected chi connectivity index (χ3v) is 3.84. The first kappa shape index (κ1) is 11.6. The maximum Gasteiger partial charge on any atom is 0.227 e. The van der Waals surface area contributed by atoms with Crippen molar-refractivity contribution in [1.29, 1.82) is 0 Å². The summed E-state index contributed by atoms with van der Waals surface area (Å²) in [5.41, 5.74) is 4.63. The second-order valence-corrected chi connectivity index (χ2v) is 4.56. The molecule has 0 aliphatic carbocycles. The van der Waals surface area contributed by atoms with Gasteiger partial charge in [-0.05, 0) is 12.5 Å². The summed E-state index contributed by atoms with van der Waals surface area (Å²) in [6, 6.07) is 10.1. The predicted octanol–water partition coefficient (Wildman–Crippen LogP) is 1.62. The molecule has 2 aromatic rings. The predicted molar refractivity (Wildman–Crippen MR) is 68.2 cm³/mol. The monoisotopic (exact) mass is 247 g/mol. The molecule has 1 amide bonds. The number of amides is 1. The molecule has 0 bridgehead atoms. The summed E-state index contributed by atoms with van der Waals surface area (Å²) in [5.74, 6) is 0. The van der Waals surface area contributed by atoms with Gasteiger partial charge in [0.25, 0.3) is 0 Å². The van der Waals surface area contributed by atoms with Crippen molar-refractivity contribution in [2.45, 2.75) is 6.92 Å². The van der Waals surface area contributed by atoms with Crippen LogP contribution in [-0.4, -0.2) is 11.0 Å². The van der Waals surface area contributed by atoms with Crippen LogP contribution in [0.15, 0.2) is 35.4 Å². The highest BCUT2D eigenvalue weighted by Crippen LogP contribution is 2.25. The van der Waals surface area contributed by atoms with Gasteiger partial charge < -0.3 is 4.57 Å². The molecular weight excluding hydrogens is 234 g/mol. The lowest BCUT2D eigenvalue weighted by molar-refractivity contribution is -0.109. The molecule has 0 atom stereocenters. The van der Waals surface area contributed by atoms with Crippen molar-refractivity contribution in [1.82, 2.24) is 9.99 Å². The number of aromatic nitrogens is 1. The van der Waals surface area contributed by atoms with Crippen molar-refractivity contribution in [3.8, 4) is 10.4 Å². The van der Waals surface area contributed by atoms with E-state index in [1.807, 2.05) is 36.7 Å². The van der Waals surface area contributed by atoms with Gasteiger partial charge in [-0.15, -0.1) is 5.10 Å². The molecule has 1 N–H and O–H groups in total. The fraction of sp³-hybridized carbons (Fsp3) is 0.167. The lowest BCUT2D eigenvalue weighted by Gasteiger charge is -1.99. The number of benzene rings is 1. The minimum Gasteiger partial charge on any atom is -0.322 e. The van der Waals surface area contributed by atoms with Gasteiger partial charge >= 0.3 is 0 Å². The van der Waals surface area contributed by atoms with Crippen LogP contribution in [0.1, 0.15) is 5.69 Å². The second kappa shape index (κ2) is 4.97. The molecule has 1 aromatic carbocycles. The van der Waals surface area contributed by atoms with Crippen LogP contribution in [0.4, 0.5) is 0 Å². The Labute approximate surface area is 103 Å². The van der Waals surface area contributed by atoms with E-state index in [0.717, 1.165) is 16.1 Å². The number of carbonyl (C=O) groups is 1. The molecule has 0 radical (unpaired) electrons. The minimum absolute atomic E-state index is 0.567. The van der Waals surface area contributed by atoms with Gasteiger partial charge in [0.15, 0.2) is 0 Å². The SMILES string of the molecule is Cc1c(-c2ccccc2)sc(=NNC=O)n1C. The lowest BCUT2D eigenvalue weighted by atomic mass is 10.2. The fourth-order valence-corrected chi connectivity index (χ4v) is 2.66. The molecule has 0 aliphatic heterocycles. The molecule has 0 spiro atoms. The zero-order valence-electron chi connectivity index (χ0n) is 9.68. The number of hydrogen-bond acceptors (Lipinski definition) is 3. The average molecular weight is 247 g/mol. The summed E-state index contributed by atoms with van der Waals surface area (Å²) in [5, 5.41) is 3.99. The molecule has 0 saturated heterocycles. The molecule has 0 unspecified atom stereocenters. The van der Waals surface area contributed by atoms with Gasteiger partial charge in [0.2, 0.25) is 11.2 Å². The van der Waals surface area contributed by atoms with Crippen molar-refractivity contribution in [3.63, 3.8) is 0 Å². The first-order valence-corrected chi connectivity index (χ1v) is 6.00. The Morgan fingerprint density at radius 2 is 2.06 bits per heavy atom. The van der Waals surface area contributed by atoms with E-state index in [9.17, 15) is 4.79 Å². The van der Waals surface area contributed by atoms with Gasteiger partial charge in [0.05, 0.1) is 4.88 Å². The highest BCUT2D eigenvalue weighted by atomic mass is 32.1. The molecule has 5 heteroatoms. The van der Waals surface area contributed by atoms with E-state index in [4.69, 9.17) is 0 Å². The maximum absolute atomic E-state index is 10.2. The highest BCUT2D eigenvalue weighted by Gasteiger charge is 2.08. The van der Waals surface area contributed by atoms with E-state index in [0.29, 0.717) is 6.41 Å². The third-order valence-electron chi connectivity index (χ3n) is 2.56. The Kier molecular flexibility index (Phi) is 3.39. The largest absolute Gasteiger partial charge is 0.322 e. The molecule has 1 heterocycles. The minimum atomic E-state index is 0.567. The summed E-state index contributed by atoms with van der Waals surface area (Å²) in [6.07, 6.45) is 0.567. The number of nitrogens with one attached hydrogen (secondary N) is 1. The first-order chi connectivity index (χ1) is 8.24. The Morgan fingerprint density at radius 1 is 1.35 bits per heavy atom.